The summed E-state index contributed by atoms with van der Waals surface area (Å²) in [6.45, 7) is 1.70. The fourth-order valence-corrected chi connectivity index (χ4v) is 2.12. The number of carbonyl (C=O) groups is 2. The Morgan fingerprint density at radius 1 is 1.18 bits per heavy atom. The predicted molar refractivity (Wildman–Crippen MR) is 66.7 cm³/mol. The molecule has 3 amide bonds. The molecule has 0 aliphatic heterocycles. The number of rotatable bonds is 3. The summed E-state index contributed by atoms with van der Waals surface area (Å²) >= 11 is 0. The monoisotopic (exact) mass is 241 g/mol. The highest BCUT2D eigenvalue weighted by molar-refractivity contribution is 5.86. The van der Waals surface area contributed by atoms with E-state index in [2.05, 4.69) is 10.6 Å². The fraction of sp³-hybridized carbons (Fsp3) is 0.833. The first-order chi connectivity index (χ1) is 8.00. The van der Waals surface area contributed by atoms with Gasteiger partial charge < -0.3 is 15.5 Å². The molecule has 98 valence electrons. The molecule has 0 saturated heterocycles. The number of likely N-dealkylation sites (N-methyl/N-ethyl adjacent to an activating group) is 1. The molecule has 0 unspecified atom stereocenters. The molecule has 0 heterocycles. The highest BCUT2D eigenvalue weighted by atomic mass is 16.2. The molecule has 0 bridgehead atoms. The topological polar surface area (TPSA) is 61.4 Å². The molecule has 5 nitrogen and oxygen atoms in total. The average Bonchev–Trinajstić information content (AvgIpc) is 2.28. The smallest absolute Gasteiger partial charge is 0.315 e. The molecule has 1 rings (SSSR count). The van der Waals surface area contributed by atoms with Gasteiger partial charge in [-0.05, 0) is 19.8 Å². The van der Waals surface area contributed by atoms with E-state index in [0.29, 0.717) is 0 Å². The number of nitrogens with one attached hydrogen (secondary N) is 2. The molecule has 0 spiro atoms. The third kappa shape index (κ3) is 4.63. The third-order valence-corrected chi connectivity index (χ3v) is 3.10. The van der Waals surface area contributed by atoms with Crippen LogP contribution in [0.4, 0.5) is 4.79 Å². The maximum Gasteiger partial charge on any atom is 0.315 e. The molecule has 2 N–H and O–H groups in total. The second-order valence-electron chi connectivity index (χ2n) is 4.91. The zero-order valence-corrected chi connectivity index (χ0v) is 11.0. The second-order valence-corrected chi connectivity index (χ2v) is 4.91. The predicted octanol–water partition coefficient (Wildman–Crippen LogP) is 1.09. The first-order valence-corrected chi connectivity index (χ1v) is 6.29. The lowest BCUT2D eigenvalue weighted by atomic mass is 9.96. The Balaban J connectivity index is 2.30. The molecule has 1 fully saturated rings. The first-order valence-electron chi connectivity index (χ1n) is 6.29. The van der Waals surface area contributed by atoms with E-state index in [-0.39, 0.29) is 18.0 Å². The van der Waals surface area contributed by atoms with Gasteiger partial charge in [0.1, 0.15) is 6.04 Å². The third-order valence-electron chi connectivity index (χ3n) is 3.10. The lowest BCUT2D eigenvalue weighted by molar-refractivity contribution is -0.130. The zero-order chi connectivity index (χ0) is 12.8. The number of urea groups is 1. The average molecular weight is 241 g/mol. The summed E-state index contributed by atoms with van der Waals surface area (Å²) in [4.78, 5) is 24.7. The lowest BCUT2D eigenvalue weighted by Crippen LogP contribution is -2.50. The Bertz CT molecular complexity index is 273. The lowest BCUT2D eigenvalue weighted by Gasteiger charge is -2.24. The summed E-state index contributed by atoms with van der Waals surface area (Å²) in [7, 11) is 3.36. The van der Waals surface area contributed by atoms with Crippen molar-refractivity contribution >= 4 is 11.9 Å². The van der Waals surface area contributed by atoms with Crippen LogP contribution < -0.4 is 10.6 Å². The Kier molecular flexibility index (Phi) is 5.25. The highest BCUT2D eigenvalue weighted by Gasteiger charge is 2.20. The minimum absolute atomic E-state index is 0.0937. The van der Waals surface area contributed by atoms with Gasteiger partial charge in [-0.2, -0.15) is 0 Å². The zero-order valence-electron chi connectivity index (χ0n) is 11.0. The van der Waals surface area contributed by atoms with Crippen molar-refractivity contribution in [3.8, 4) is 0 Å². The van der Waals surface area contributed by atoms with E-state index in [1.54, 1.807) is 21.0 Å². The first kappa shape index (κ1) is 13.8. The van der Waals surface area contributed by atoms with Crippen molar-refractivity contribution < 1.29 is 9.59 Å². The van der Waals surface area contributed by atoms with Crippen LogP contribution in [-0.2, 0) is 4.79 Å². The van der Waals surface area contributed by atoms with E-state index < -0.39 is 6.04 Å². The van der Waals surface area contributed by atoms with Crippen LogP contribution in [0.3, 0.4) is 0 Å². The van der Waals surface area contributed by atoms with E-state index in [0.717, 1.165) is 12.8 Å². The molecule has 5 heteroatoms. The van der Waals surface area contributed by atoms with Crippen LogP contribution in [0, 0.1) is 0 Å². The summed E-state index contributed by atoms with van der Waals surface area (Å²) in [6.07, 6.45) is 5.70. The van der Waals surface area contributed by atoms with Gasteiger partial charge in [0, 0.05) is 20.1 Å². The van der Waals surface area contributed by atoms with E-state index in [9.17, 15) is 9.59 Å². The molecular formula is C12H23N3O2. The molecule has 1 aliphatic carbocycles. The number of hydrogen-bond acceptors (Lipinski definition) is 2. The summed E-state index contributed by atoms with van der Waals surface area (Å²) in [5.41, 5.74) is 0. The second kappa shape index (κ2) is 6.47. The fourth-order valence-electron chi connectivity index (χ4n) is 2.12. The molecule has 0 aromatic rings. The quantitative estimate of drug-likeness (QED) is 0.777. The molecule has 0 radical (unpaired) electrons. The minimum atomic E-state index is -0.478. The van der Waals surface area contributed by atoms with Crippen molar-refractivity contribution in [1.29, 1.82) is 0 Å². The van der Waals surface area contributed by atoms with E-state index in [1.807, 2.05) is 0 Å². The summed E-state index contributed by atoms with van der Waals surface area (Å²) in [6, 6.07) is -0.446. The van der Waals surface area contributed by atoms with E-state index in [4.69, 9.17) is 0 Å². The number of amides is 3. The van der Waals surface area contributed by atoms with Crippen LogP contribution >= 0.6 is 0 Å². The van der Waals surface area contributed by atoms with Crippen molar-refractivity contribution in [1.82, 2.24) is 15.5 Å². The number of nitrogens with zero attached hydrogens (tertiary/aromatic N) is 1. The van der Waals surface area contributed by atoms with Gasteiger partial charge in [-0.25, -0.2) is 4.79 Å². The maximum absolute atomic E-state index is 11.7. The van der Waals surface area contributed by atoms with Gasteiger partial charge in [0.15, 0.2) is 0 Å². The van der Waals surface area contributed by atoms with Crippen molar-refractivity contribution in [3.63, 3.8) is 0 Å². The van der Waals surface area contributed by atoms with Crippen molar-refractivity contribution in [2.75, 3.05) is 14.1 Å². The van der Waals surface area contributed by atoms with E-state index in [1.165, 1.54) is 24.2 Å². The molecular weight excluding hydrogens is 218 g/mol. The van der Waals surface area contributed by atoms with Gasteiger partial charge in [0.25, 0.3) is 0 Å². The summed E-state index contributed by atoms with van der Waals surface area (Å²) in [5.74, 6) is -0.0937. The van der Waals surface area contributed by atoms with Gasteiger partial charge in [-0.15, -0.1) is 0 Å². The Hall–Kier alpha value is -1.26. The number of carbonyl (C=O) groups excluding carboxylic acids is 2. The van der Waals surface area contributed by atoms with Crippen LogP contribution in [0.1, 0.15) is 39.0 Å². The molecule has 17 heavy (non-hydrogen) atoms. The van der Waals surface area contributed by atoms with Crippen LogP contribution in [0.5, 0.6) is 0 Å². The normalized spacial score (nSPS) is 18.3. The SMILES string of the molecule is C[C@H](NC(=O)NC1CCCCC1)C(=O)N(C)C. The summed E-state index contributed by atoms with van der Waals surface area (Å²) in [5, 5.41) is 5.59. The van der Waals surface area contributed by atoms with Gasteiger partial charge in [-0.3, -0.25) is 4.79 Å². The van der Waals surface area contributed by atoms with Crippen LogP contribution in [0.2, 0.25) is 0 Å². The highest BCUT2D eigenvalue weighted by Crippen LogP contribution is 2.17. The van der Waals surface area contributed by atoms with Crippen LogP contribution in [0.15, 0.2) is 0 Å². The van der Waals surface area contributed by atoms with Crippen molar-refractivity contribution in [3.05, 3.63) is 0 Å². The van der Waals surface area contributed by atoms with Crippen LogP contribution in [-0.4, -0.2) is 43.0 Å². The molecule has 1 atom stereocenters. The van der Waals surface area contributed by atoms with Crippen molar-refractivity contribution in [2.24, 2.45) is 0 Å². The molecule has 0 aromatic carbocycles. The molecule has 1 saturated carbocycles. The van der Waals surface area contributed by atoms with E-state index >= 15 is 0 Å². The minimum Gasteiger partial charge on any atom is -0.347 e. The maximum atomic E-state index is 11.7. The van der Waals surface area contributed by atoms with Gasteiger partial charge in [0.05, 0.1) is 0 Å². The summed E-state index contributed by atoms with van der Waals surface area (Å²) < 4.78 is 0. The molecule has 0 aromatic heterocycles. The largest absolute Gasteiger partial charge is 0.347 e. The van der Waals surface area contributed by atoms with Gasteiger partial charge in [0.2, 0.25) is 5.91 Å². The Labute approximate surface area is 103 Å². The Morgan fingerprint density at radius 2 is 1.76 bits per heavy atom. The van der Waals surface area contributed by atoms with Gasteiger partial charge in [-0.1, -0.05) is 19.3 Å². The van der Waals surface area contributed by atoms with Crippen molar-refractivity contribution in [2.45, 2.75) is 51.1 Å². The van der Waals surface area contributed by atoms with Crippen LogP contribution in [0.25, 0.3) is 0 Å². The Morgan fingerprint density at radius 3 is 2.29 bits per heavy atom. The standard InChI is InChI=1S/C12H23N3O2/c1-9(11(16)15(2)3)13-12(17)14-10-7-5-4-6-8-10/h9-10H,4-8H2,1-3H3,(H2,13,14,17)/t9-/m0/s1. The number of hydrogen-bond donors (Lipinski definition) is 2. The van der Waals surface area contributed by atoms with Gasteiger partial charge >= 0.3 is 6.03 Å². The molecule has 1 aliphatic rings.